The van der Waals surface area contributed by atoms with E-state index < -0.39 is 11.7 Å². The molecule has 0 unspecified atom stereocenters. The maximum Gasteiger partial charge on any atom is 0.416 e. The van der Waals surface area contributed by atoms with Crippen LogP contribution in [-0.4, -0.2) is 6.54 Å². The van der Waals surface area contributed by atoms with Gasteiger partial charge in [0.15, 0.2) is 0 Å². The standard InChI is InChI=1S/C15H19BrF3N/c16-13-8-7-12(15(17,18)19)9-14(13)20-10-11-5-3-1-2-4-6-11/h7-9,11,20H,1-6,10H2. The van der Waals surface area contributed by atoms with Crippen LogP contribution in [0.3, 0.4) is 0 Å². The third-order valence-corrected chi connectivity index (χ3v) is 4.54. The Labute approximate surface area is 126 Å². The lowest BCUT2D eigenvalue weighted by molar-refractivity contribution is -0.137. The molecule has 1 aromatic rings. The van der Waals surface area contributed by atoms with Crippen molar-refractivity contribution in [2.24, 2.45) is 5.92 Å². The Kier molecular flexibility index (Phi) is 5.35. The van der Waals surface area contributed by atoms with Crippen molar-refractivity contribution in [3.63, 3.8) is 0 Å². The summed E-state index contributed by atoms with van der Waals surface area (Å²) in [4.78, 5) is 0. The first kappa shape index (κ1) is 15.7. The molecule has 1 nitrogen and oxygen atoms in total. The first-order valence-corrected chi connectivity index (χ1v) is 7.87. The van der Waals surface area contributed by atoms with Crippen LogP contribution in [0.15, 0.2) is 22.7 Å². The van der Waals surface area contributed by atoms with Crippen molar-refractivity contribution in [1.82, 2.24) is 0 Å². The quantitative estimate of drug-likeness (QED) is 0.674. The van der Waals surface area contributed by atoms with E-state index in [1.807, 2.05) is 0 Å². The molecule has 0 radical (unpaired) electrons. The summed E-state index contributed by atoms with van der Waals surface area (Å²) >= 11 is 3.31. The third kappa shape index (κ3) is 4.40. The topological polar surface area (TPSA) is 12.0 Å². The number of halogens is 4. The Morgan fingerprint density at radius 2 is 1.75 bits per heavy atom. The highest BCUT2D eigenvalue weighted by Gasteiger charge is 2.30. The second kappa shape index (κ2) is 6.83. The van der Waals surface area contributed by atoms with E-state index in [2.05, 4.69) is 21.2 Å². The Balaban J connectivity index is 2.01. The van der Waals surface area contributed by atoms with Gasteiger partial charge in [0.25, 0.3) is 0 Å². The summed E-state index contributed by atoms with van der Waals surface area (Å²) < 4.78 is 38.8. The Bertz CT molecular complexity index is 437. The van der Waals surface area contributed by atoms with Crippen molar-refractivity contribution in [2.75, 3.05) is 11.9 Å². The zero-order valence-corrected chi connectivity index (χ0v) is 12.9. The SMILES string of the molecule is FC(F)(F)c1ccc(Br)c(NCC2CCCCCC2)c1. The highest BCUT2D eigenvalue weighted by atomic mass is 79.9. The molecule has 0 bridgehead atoms. The normalized spacial score (nSPS) is 17.8. The number of rotatable bonds is 3. The second-order valence-corrected chi connectivity index (χ2v) is 6.29. The zero-order valence-electron chi connectivity index (χ0n) is 11.3. The van der Waals surface area contributed by atoms with E-state index in [-0.39, 0.29) is 0 Å². The van der Waals surface area contributed by atoms with Gasteiger partial charge < -0.3 is 5.32 Å². The maximum atomic E-state index is 12.7. The van der Waals surface area contributed by atoms with Gasteiger partial charge in [0.05, 0.1) is 5.56 Å². The minimum absolute atomic E-state index is 0.532. The van der Waals surface area contributed by atoms with Crippen LogP contribution >= 0.6 is 15.9 Å². The van der Waals surface area contributed by atoms with Gasteiger partial charge in [0, 0.05) is 16.7 Å². The fourth-order valence-electron chi connectivity index (χ4n) is 2.66. The number of nitrogens with one attached hydrogen (secondary N) is 1. The molecular weight excluding hydrogens is 331 g/mol. The summed E-state index contributed by atoms with van der Waals surface area (Å²) in [5, 5.41) is 3.18. The van der Waals surface area contributed by atoms with Crippen LogP contribution in [0.5, 0.6) is 0 Å². The van der Waals surface area contributed by atoms with Gasteiger partial charge >= 0.3 is 6.18 Å². The molecule has 0 atom stereocenters. The fraction of sp³-hybridized carbons (Fsp3) is 0.600. The zero-order chi connectivity index (χ0) is 14.6. The molecule has 0 aliphatic heterocycles. The van der Waals surface area contributed by atoms with Crippen LogP contribution in [-0.2, 0) is 6.18 Å². The van der Waals surface area contributed by atoms with Crippen LogP contribution in [0, 0.1) is 5.92 Å². The molecule has 1 aliphatic rings. The lowest BCUT2D eigenvalue weighted by Gasteiger charge is -2.17. The van der Waals surface area contributed by atoms with Gasteiger partial charge in [-0.3, -0.25) is 0 Å². The predicted molar refractivity (Wildman–Crippen MR) is 78.8 cm³/mol. The van der Waals surface area contributed by atoms with Gasteiger partial charge in [-0.05, 0) is 52.9 Å². The summed E-state index contributed by atoms with van der Waals surface area (Å²) in [7, 11) is 0. The summed E-state index contributed by atoms with van der Waals surface area (Å²) in [5.74, 6) is 0.568. The third-order valence-electron chi connectivity index (χ3n) is 3.85. The van der Waals surface area contributed by atoms with Crippen LogP contribution in [0.1, 0.15) is 44.1 Å². The van der Waals surface area contributed by atoms with E-state index in [1.54, 1.807) is 0 Å². The molecule has 1 saturated carbocycles. The molecular formula is C15H19BrF3N. The molecule has 0 amide bonds. The van der Waals surface area contributed by atoms with Crippen LogP contribution in [0.4, 0.5) is 18.9 Å². The molecule has 2 rings (SSSR count). The van der Waals surface area contributed by atoms with E-state index >= 15 is 0 Å². The molecule has 5 heteroatoms. The van der Waals surface area contributed by atoms with Gasteiger partial charge in [-0.15, -0.1) is 0 Å². The highest BCUT2D eigenvalue weighted by molar-refractivity contribution is 9.10. The van der Waals surface area contributed by atoms with Gasteiger partial charge in [0.1, 0.15) is 0 Å². The first-order chi connectivity index (χ1) is 9.47. The van der Waals surface area contributed by atoms with Crippen molar-refractivity contribution in [3.05, 3.63) is 28.2 Å². The minimum Gasteiger partial charge on any atom is -0.384 e. The fourth-order valence-corrected chi connectivity index (χ4v) is 3.05. The van der Waals surface area contributed by atoms with Gasteiger partial charge in [-0.1, -0.05) is 25.7 Å². The van der Waals surface area contributed by atoms with Crippen molar-refractivity contribution < 1.29 is 13.2 Å². The molecule has 20 heavy (non-hydrogen) atoms. The summed E-state index contributed by atoms with van der Waals surface area (Å²) in [5.41, 5.74) is -0.0758. The smallest absolute Gasteiger partial charge is 0.384 e. The van der Waals surface area contributed by atoms with E-state index in [4.69, 9.17) is 0 Å². The van der Waals surface area contributed by atoms with E-state index in [0.29, 0.717) is 16.1 Å². The summed E-state index contributed by atoms with van der Waals surface area (Å²) in [6, 6.07) is 3.74. The second-order valence-electron chi connectivity index (χ2n) is 5.43. The molecule has 1 N–H and O–H groups in total. The number of hydrogen-bond acceptors (Lipinski definition) is 1. The van der Waals surface area contributed by atoms with Crippen molar-refractivity contribution in [1.29, 1.82) is 0 Å². The van der Waals surface area contributed by atoms with Crippen molar-refractivity contribution in [2.45, 2.75) is 44.7 Å². The molecule has 1 fully saturated rings. The monoisotopic (exact) mass is 349 g/mol. The minimum atomic E-state index is -4.29. The molecule has 112 valence electrons. The Hall–Kier alpha value is -0.710. The molecule has 0 aromatic heterocycles. The molecule has 0 spiro atoms. The first-order valence-electron chi connectivity index (χ1n) is 7.07. The van der Waals surface area contributed by atoms with Crippen LogP contribution < -0.4 is 5.32 Å². The van der Waals surface area contributed by atoms with Crippen LogP contribution in [0.25, 0.3) is 0 Å². The van der Waals surface area contributed by atoms with Crippen LogP contribution in [0.2, 0.25) is 0 Å². The molecule has 0 saturated heterocycles. The number of alkyl halides is 3. The maximum absolute atomic E-state index is 12.7. The van der Waals surface area contributed by atoms with Gasteiger partial charge in [-0.2, -0.15) is 13.2 Å². The number of anilines is 1. The lowest BCUT2D eigenvalue weighted by atomic mass is 10.0. The lowest BCUT2D eigenvalue weighted by Crippen LogP contribution is -2.14. The Morgan fingerprint density at radius 1 is 1.10 bits per heavy atom. The molecule has 0 heterocycles. The van der Waals surface area contributed by atoms with Gasteiger partial charge in [-0.25, -0.2) is 0 Å². The van der Waals surface area contributed by atoms with E-state index in [1.165, 1.54) is 50.7 Å². The summed E-state index contributed by atoms with van der Waals surface area (Å²) in [6.45, 7) is 0.750. The predicted octanol–water partition coefficient (Wildman–Crippen LogP) is 5.85. The average molecular weight is 350 g/mol. The van der Waals surface area contributed by atoms with Crippen molar-refractivity contribution in [3.8, 4) is 0 Å². The average Bonchev–Trinajstić information content (AvgIpc) is 2.65. The molecule has 1 aliphatic carbocycles. The number of benzene rings is 1. The van der Waals surface area contributed by atoms with E-state index in [9.17, 15) is 13.2 Å². The summed E-state index contributed by atoms with van der Waals surface area (Å²) in [6.07, 6.45) is 3.08. The highest BCUT2D eigenvalue weighted by Crippen LogP contribution is 2.34. The number of hydrogen-bond donors (Lipinski definition) is 1. The van der Waals surface area contributed by atoms with Crippen molar-refractivity contribution >= 4 is 21.6 Å². The van der Waals surface area contributed by atoms with Gasteiger partial charge in [0.2, 0.25) is 0 Å². The Morgan fingerprint density at radius 3 is 2.35 bits per heavy atom. The molecule has 1 aromatic carbocycles. The van der Waals surface area contributed by atoms with E-state index in [0.717, 1.165) is 12.6 Å². The largest absolute Gasteiger partial charge is 0.416 e.